The Morgan fingerprint density at radius 1 is 1.44 bits per heavy atom. The van der Waals surface area contributed by atoms with Crippen molar-refractivity contribution < 1.29 is 9.50 Å². The van der Waals surface area contributed by atoms with Crippen LogP contribution < -0.4 is 5.32 Å². The van der Waals surface area contributed by atoms with Crippen molar-refractivity contribution in [3.8, 4) is 0 Å². The number of aliphatic hydroxyl groups excluding tert-OH is 1. The van der Waals surface area contributed by atoms with Crippen molar-refractivity contribution >= 4 is 11.6 Å². The van der Waals surface area contributed by atoms with Crippen LogP contribution in [-0.2, 0) is 0 Å². The van der Waals surface area contributed by atoms with E-state index in [0.717, 1.165) is 0 Å². The first kappa shape index (κ1) is 13.4. The van der Waals surface area contributed by atoms with Gasteiger partial charge in [-0.25, -0.2) is 4.39 Å². The minimum atomic E-state index is -0.937. The molecule has 1 rings (SSSR count). The fraction of sp³-hybridized carbons (Fsp3) is 0.500. The SMILES string of the molecule is CC(C)(C)NCC(O)c1c(F)cccc1Cl. The lowest BCUT2D eigenvalue weighted by atomic mass is 10.1. The molecule has 1 atom stereocenters. The number of benzene rings is 1. The summed E-state index contributed by atoms with van der Waals surface area (Å²) in [7, 11) is 0. The zero-order chi connectivity index (χ0) is 12.3. The third-order valence-electron chi connectivity index (χ3n) is 2.16. The predicted molar refractivity (Wildman–Crippen MR) is 64.1 cm³/mol. The standard InChI is InChI=1S/C12H17ClFNO/c1-12(2,3)15-7-10(16)11-8(13)5-4-6-9(11)14/h4-6,10,15-16H,7H2,1-3H3. The second-order valence-corrected chi connectivity index (χ2v) is 5.19. The lowest BCUT2D eigenvalue weighted by molar-refractivity contribution is 0.159. The van der Waals surface area contributed by atoms with Crippen LogP contribution in [0.15, 0.2) is 18.2 Å². The Bertz CT molecular complexity index is 342. The number of rotatable bonds is 3. The number of halogens is 2. The minimum absolute atomic E-state index is 0.126. The molecule has 0 saturated carbocycles. The molecule has 0 fully saturated rings. The Labute approximate surface area is 100 Å². The number of hydrogen-bond donors (Lipinski definition) is 2. The Kier molecular flexibility index (Phi) is 4.30. The Balaban J connectivity index is 2.77. The van der Waals surface area contributed by atoms with Crippen LogP contribution in [0.3, 0.4) is 0 Å². The van der Waals surface area contributed by atoms with Gasteiger partial charge in [0.25, 0.3) is 0 Å². The molecule has 16 heavy (non-hydrogen) atoms. The van der Waals surface area contributed by atoms with Gasteiger partial charge in [0.05, 0.1) is 6.10 Å². The largest absolute Gasteiger partial charge is 0.387 e. The Hall–Kier alpha value is -0.640. The molecule has 0 spiro atoms. The normalized spacial score (nSPS) is 13.9. The summed E-state index contributed by atoms with van der Waals surface area (Å²) >= 11 is 5.85. The molecule has 2 nitrogen and oxygen atoms in total. The fourth-order valence-corrected chi connectivity index (χ4v) is 1.62. The van der Waals surface area contributed by atoms with E-state index in [4.69, 9.17) is 11.6 Å². The van der Waals surface area contributed by atoms with Gasteiger partial charge in [0.15, 0.2) is 0 Å². The zero-order valence-electron chi connectivity index (χ0n) is 9.72. The van der Waals surface area contributed by atoms with Crippen molar-refractivity contribution in [2.45, 2.75) is 32.4 Å². The molecule has 0 bridgehead atoms. The molecule has 4 heteroatoms. The summed E-state index contributed by atoms with van der Waals surface area (Å²) in [6.45, 7) is 6.19. The highest BCUT2D eigenvalue weighted by Gasteiger charge is 2.18. The van der Waals surface area contributed by atoms with Crippen molar-refractivity contribution in [2.24, 2.45) is 0 Å². The molecule has 0 radical (unpaired) electrons. The number of β-amino-alcohol motifs (C(OH)–C–C–N with tert-alkyl or cyclic N) is 1. The summed E-state index contributed by atoms with van der Waals surface area (Å²) in [4.78, 5) is 0. The summed E-state index contributed by atoms with van der Waals surface area (Å²) in [5.74, 6) is -0.476. The third kappa shape index (κ3) is 3.74. The molecule has 0 aliphatic rings. The van der Waals surface area contributed by atoms with E-state index in [1.54, 1.807) is 6.07 Å². The van der Waals surface area contributed by atoms with E-state index in [9.17, 15) is 9.50 Å². The molecule has 2 N–H and O–H groups in total. The quantitative estimate of drug-likeness (QED) is 0.858. The van der Waals surface area contributed by atoms with Crippen LogP contribution in [0.4, 0.5) is 4.39 Å². The predicted octanol–water partition coefficient (Wildman–Crippen LogP) is 2.90. The summed E-state index contributed by atoms with van der Waals surface area (Å²) in [5, 5.41) is 13.2. The summed E-state index contributed by atoms with van der Waals surface area (Å²) < 4.78 is 13.4. The number of hydrogen-bond acceptors (Lipinski definition) is 2. The van der Waals surface area contributed by atoms with E-state index >= 15 is 0 Å². The Morgan fingerprint density at radius 3 is 2.56 bits per heavy atom. The maximum Gasteiger partial charge on any atom is 0.130 e. The van der Waals surface area contributed by atoms with Crippen molar-refractivity contribution in [2.75, 3.05) is 6.54 Å². The molecule has 0 amide bonds. The van der Waals surface area contributed by atoms with Crippen molar-refractivity contribution in [1.29, 1.82) is 0 Å². The van der Waals surface area contributed by atoms with Gasteiger partial charge in [-0.2, -0.15) is 0 Å². The molecule has 1 unspecified atom stereocenters. The van der Waals surface area contributed by atoms with Crippen LogP contribution >= 0.6 is 11.6 Å². The van der Waals surface area contributed by atoms with Crippen LogP contribution in [0.1, 0.15) is 32.4 Å². The lowest BCUT2D eigenvalue weighted by Crippen LogP contribution is -2.38. The lowest BCUT2D eigenvalue weighted by Gasteiger charge is -2.23. The highest BCUT2D eigenvalue weighted by molar-refractivity contribution is 6.31. The van der Waals surface area contributed by atoms with Gasteiger partial charge in [-0.05, 0) is 32.9 Å². The molecular weight excluding hydrogens is 229 g/mol. The number of nitrogens with one attached hydrogen (secondary N) is 1. The fourth-order valence-electron chi connectivity index (χ4n) is 1.33. The smallest absolute Gasteiger partial charge is 0.130 e. The molecule has 0 aliphatic heterocycles. The van der Waals surface area contributed by atoms with Crippen LogP contribution in [0.25, 0.3) is 0 Å². The first-order valence-corrected chi connectivity index (χ1v) is 5.56. The second-order valence-electron chi connectivity index (χ2n) is 4.78. The summed E-state index contributed by atoms with van der Waals surface area (Å²) in [6, 6.07) is 4.38. The first-order chi connectivity index (χ1) is 7.31. The maximum atomic E-state index is 13.4. The van der Waals surface area contributed by atoms with E-state index in [1.807, 2.05) is 20.8 Å². The average molecular weight is 246 g/mol. The summed E-state index contributed by atoms with van der Waals surface area (Å²) in [5.41, 5.74) is 0.0273. The van der Waals surface area contributed by atoms with E-state index in [0.29, 0.717) is 0 Å². The van der Waals surface area contributed by atoms with Gasteiger partial charge in [-0.1, -0.05) is 17.7 Å². The van der Waals surface area contributed by atoms with Crippen molar-refractivity contribution in [1.82, 2.24) is 5.32 Å². The van der Waals surface area contributed by atoms with E-state index in [2.05, 4.69) is 5.32 Å². The molecule has 0 heterocycles. The van der Waals surface area contributed by atoms with Gasteiger partial charge in [0.1, 0.15) is 5.82 Å². The van der Waals surface area contributed by atoms with E-state index in [-0.39, 0.29) is 22.7 Å². The van der Waals surface area contributed by atoms with Crippen molar-refractivity contribution in [3.63, 3.8) is 0 Å². The molecule has 1 aromatic carbocycles. The van der Waals surface area contributed by atoms with Gasteiger partial charge in [-0.3, -0.25) is 0 Å². The molecule has 0 aliphatic carbocycles. The summed E-state index contributed by atoms with van der Waals surface area (Å²) in [6.07, 6.45) is -0.937. The van der Waals surface area contributed by atoms with Gasteiger partial charge in [0.2, 0.25) is 0 Å². The monoisotopic (exact) mass is 245 g/mol. The minimum Gasteiger partial charge on any atom is -0.387 e. The van der Waals surface area contributed by atoms with E-state index < -0.39 is 11.9 Å². The van der Waals surface area contributed by atoms with Crippen LogP contribution in [-0.4, -0.2) is 17.2 Å². The Morgan fingerprint density at radius 2 is 2.06 bits per heavy atom. The molecule has 1 aromatic rings. The highest BCUT2D eigenvalue weighted by atomic mass is 35.5. The number of aliphatic hydroxyl groups is 1. The molecule has 90 valence electrons. The van der Waals surface area contributed by atoms with Gasteiger partial charge in [0, 0.05) is 22.7 Å². The zero-order valence-corrected chi connectivity index (χ0v) is 10.5. The molecule has 0 aromatic heterocycles. The van der Waals surface area contributed by atoms with Crippen LogP contribution in [0.2, 0.25) is 5.02 Å². The van der Waals surface area contributed by atoms with Crippen LogP contribution in [0, 0.1) is 5.82 Å². The third-order valence-corrected chi connectivity index (χ3v) is 2.49. The average Bonchev–Trinajstić information content (AvgIpc) is 2.13. The van der Waals surface area contributed by atoms with Gasteiger partial charge >= 0.3 is 0 Å². The van der Waals surface area contributed by atoms with Gasteiger partial charge in [-0.15, -0.1) is 0 Å². The van der Waals surface area contributed by atoms with Gasteiger partial charge < -0.3 is 10.4 Å². The highest BCUT2D eigenvalue weighted by Crippen LogP contribution is 2.25. The van der Waals surface area contributed by atoms with Crippen LogP contribution in [0.5, 0.6) is 0 Å². The van der Waals surface area contributed by atoms with Crippen molar-refractivity contribution in [3.05, 3.63) is 34.6 Å². The van der Waals surface area contributed by atoms with E-state index in [1.165, 1.54) is 12.1 Å². The maximum absolute atomic E-state index is 13.4. The first-order valence-electron chi connectivity index (χ1n) is 5.18. The topological polar surface area (TPSA) is 32.3 Å². The molecular formula is C12H17ClFNO. The molecule has 0 saturated heterocycles. The second kappa shape index (κ2) is 5.13.